The SMILES string of the molecule is CCCCNC(=O)N(CC)CC(=O)NC(C)C. The Balaban J connectivity index is 4.04. The predicted molar refractivity (Wildman–Crippen MR) is 68.8 cm³/mol. The van der Waals surface area contributed by atoms with Gasteiger partial charge in [-0.2, -0.15) is 0 Å². The summed E-state index contributed by atoms with van der Waals surface area (Å²) in [6.45, 7) is 9.04. The van der Waals surface area contributed by atoms with E-state index >= 15 is 0 Å². The predicted octanol–water partition coefficient (Wildman–Crippen LogP) is 1.34. The molecule has 0 fully saturated rings. The Labute approximate surface area is 104 Å². The number of nitrogens with zero attached hydrogens (tertiary/aromatic N) is 1. The molecule has 0 saturated carbocycles. The topological polar surface area (TPSA) is 61.4 Å². The van der Waals surface area contributed by atoms with Crippen molar-refractivity contribution in [1.29, 1.82) is 0 Å². The van der Waals surface area contributed by atoms with Gasteiger partial charge in [-0.1, -0.05) is 13.3 Å². The summed E-state index contributed by atoms with van der Waals surface area (Å²) < 4.78 is 0. The molecule has 100 valence electrons. The maximum atomic E-state index is 11.7. The first kappa shape index (κ1) is 15.7. The van der Waals surface area contributed by atoms with E-state index in [1.807, 2.05) is 20.8 Å². The molecule has 17 heavy (non-hydrogen) atoms. The van der Waals surface area contributed by atoms with Gasteiger partial charge in [0, 0.05) is 19.1 Å². The van der Waals surface area contributed by atoms with E-state index in [0.717, 1.165) is 12.8 Å². The highest BCUT2D eigenvalue weighted by atomic mass is 16.2. The average Bonchev–Trinajstić information content (AvgIpc) is 2.25. The summed E-state index contributed by atoms with van der Waals surface area (Å²) in [5.41, 5.74) is 0. The Bertz CT molecular complexity index is 242. The lowest BCUT2D eigenvalue weighted by atomic mass is 10.3. The molecule has 0 unspecified atom stereocenters. The van der Waals surface area contributed by atoms with Crippen molar-refractivity contribution in [2.45, 2.75) is 46.6 Å². The first-order valence-electron chi connectivity index (χ1n) is 6.33. The van der Waals surface area contributed by atoms with Crippen molar-refractivity contribution in [3.63, 3.8) is 0 Å². The first-order chi connectivity index (χ1) is 8.01. The number of amides is 3. The zero-order valence-corrected chi connectivity index (χ0v) is 11.4. The van der Waals surface area contributed by atoms with Crippen LogP contribution in [0.15, 0.2) is 0 Å². The number of rotatable bonds is 7. The third-order valence-electron chi connectivity index (χ3n) is 2.26. The molecule has 0 atom stereocenters. The van der Waals surface area contributed by atoms with Crippen LogP contribution in [0.4, 0.5) is 4.79 Å². The fraction of sp³-hybridized carbons (Fsp3) is 0.833. The summed E-state index contributed by atoms with van der Waals surface area (Å²) in [5.74, 6) is -0.118. The number of hydrogen-bond acceptors (Lipinski definition) is 2. The zero-order valence-electron chi connectivity index (χ0n) is 11.4. The monoisotopic (exact) mass is 243 g/mol. The van der Waals surface area contributed by atoms with E-state index in [9.17, 15) is 9.59 Å². The molecular formula is C12H25N3O2. The number of carbonyl (C=O) groups excluding carboxylic acids is 2. The number of nitrogens with one attached hydrogen (secondary N) is 2. The van der Waals surface area contributed by atoms with Crippen molar-refractivity contribution >= 4 is 11.9 Å². The van der Waals surface area contributed by atoms with Gasteiger partial charge < -0.3 is 15.5 Å². The van der Waals surface area contributed by atoms with Crippen LogP contribution in [0.2, 0.25) is 0 Å². The molecular weight excluding hydrogens is 218 g/mol. The molecule has 0 spiro atoms. The van der Waals surface area contributed by atoms with Crippen molar-refractivity contribution in [2.75, 3.05) is 19.6 Å². The maximum absolute atomic E-state index is 11.7. The van der Waals surface area contributed by atoms with E-state index in [4.69, 9.17) is 0 Å². The molecule has 0 bridgehead atoms. The van der Waals surface area contributed by atoms with Crippen LogP contribution in [0.1, 0.15) is 40.5 Å². The minimum Gasteiger partial charge on any atom is -0.352 e. The van der Waals surface area contributed by atoms with Crippen molar-refractivity contribution < 1.29 is 9.59 Å². The van der Waals surface area contributed by atoms with Gasteiger partial charge in [-0.15, -0.1) is 0 Å². The van der Waals surface area contributed by atoms with Crippen molar-refractivity contribution in [3.8, 4) is 0 Å². The molecule has 0 aliphatic carbocycles. The number of unbranched alkanes of at least 4 members (excludes halogenated alkanes) is 1. The third-order valence-corrected chi connectivity index (χ3v) is 2.26. The molecule has 0 radical (unpaired) electrons. The van der Waals surface area contributed by atoms with Crippen LogP contribution >= 0.6 is 0 Å². The molecule has 0 heterocycles. The minimum absolute atomic E-state index is 0.101. The van der Waals surface area contributed by atoms with E-state index in [0.29, 0.717) is 13.1 Å². The zero-order chi connectivity index (χ0) is 13.3. The quantitative estimate of drug-likeness (QED) is 0.663. The van der Waals surface area contributed by atoms with Crippen LogP contribution in [0.3, 0.4) is 0 Å². The van der Waals surface area contributed by atoms with Gasteiger partial charge in [-0.05, 0) is 27.2 Å². The number of hydrogen-bond donors (Lipinski definition) is 2. The van der Waals surface area contributed by atoms with E-state index < -0.39 is 0 Å². The lowest BCUT2D eigenvalue weighted by Gasteiger charge is -2.21. The molecule has 2 N–H and O–H groups in total. The van der Waals surface area contributed by atoms with Gasteiger partial charge in [0.25, 0.3) is 0 Å². The fourth-order valence-electron chi connectivity index (χ4n) is 1.35. The van der Waals surface area contributed by atoms with Crippen LogP contribution in [0.5, 0.6) is 0 Å². The summed E-state index contributed by atoms with van der Waals surface area (Å²) in [7, 11) is 0. The Morgan fingerprint density at radius 3 is 2.35 bits per heavy atom. The second-order valence-corrected chi connectivity index (χ2v) is 4.32. The van der Waals surface area contributed by atoms with E-state index in [1.165, 1.54) is 4.90 Å². The van der Waals surface area contributed by atoms with E-state index in [1.54, 1.807) is 0 Å². The molecule has 3 amide bonds. The van der Waals surface area contributed by atoms with E-state index in [-0.39, 0.29) is 24.5 Å². The Morgan fingerprint density at radius 2 is 1.88 bits per heavy atom. The molecule has 0 aromatic heterocycles. The summed E-state index contributed by atoms with van der Waals surface area (Å²) in [6.07, 6.45) is 2.00. The van der Waals surface area contributed by atoms with Crippen LogP contribution in [-0.2, 0) is 4.79 Å². The second kappa shape index (κ2) is 8.84. The normalized spacial score (nSPS) is 10.2. The van der Waals surface area contributed by atoms with Gasteiger partial charge >= 0.3 is 6.03 Å². The van der Waals surface area contributed by atoms with Crippen LogP contribution in [-0.4, -0.2) is 42.5 Å². The van der Waals surface area contributed by atoms with Gasteiger partial charge in [0.15, 0.2) is 0 Å². The van der Waals surface area contributed by atoms with Gasteiger partial charge in [0.05, 0.1) is 0 Å². The first-order valence-corrected chi connectivity index (χ1v) is 6.33. The highest BCUT2D eigenvalue weighted by Crippen LogP contribution is 1.91. The van der Waals surface area contributed by atoms with Gasteiger partial charge in [0.2, 0.25) is 5.91 Å². The second-order valence-electron chi connectivity index (χ2n) is 4.32. The highest BCUT2D eigenvalue weighted by molar-refractivity contribution is 5.84. The summed E-state index contributed by atoms with van der Waals surface area (Å²) >= 11 is 0. The van der Waals surface area contributed by atoms with Crippen molar-refractivity contribution in [3.05, 3.63) is 0 Å². The minimum atomic E-state index is -0.167. The van der Waals surface area contributed by atoms with Gasteiger partial charge in [-0.25, -0.2) is 4.79 Å². The molecule has 0 aromatic rings. The smallest absolute Gasteiger partial charge is 0.317 e. The van der Waals surface area contributed by atoms with Gasteiger partial charge in [-0.3, -0.25) is 4.79 Å². The average molecular weight is 243 g/mol. The van der Waals surface area contributed by atoms with Crippen molar-refractivity contribution in [2.24, 2.45) is 0 Å². The lowest BCUT2D eigenvalue weighted by Crippen LogP contribution is -2.46. The summed E-state index contributed by atoms with van der Waals surface area (Å²) in [6, 6.07) is -0.0655. The Morgan fingerprint density at radius 1 is 1.24 bits per heavy atom. The highest BCUT2D eigenvalue weighted by Gasteiger charge is 2.14. The number of carbonyl (C=O) groups is 2. The standard InChI is InChI=1S/C12H25N3O2/c1-5-7-8-13-12(17)15(6-2)9-11(16)14-10(3)4/h10H,5-9H2,1-4H3,(H,13,17)(H,14,16). The number of likely N-dealkylation sites (N-methyl/N-ethyl adjacent to an activating group) is 1. The maximum Gasteiger partial charge on any atom is 0.317 e. The molecule has 5 heteroatoms. The lowest BCUT2D eigenvalue weighted by molar-refractivity contribution is -0.122. The third kappa shape index (κ3) is 7.60. The fourth-order valence-corrected chi connectivity index (χ4v) is 1.35. The molecule has 0 rings (SSSR count). The largest absolute Gasteiger partial charge is 0.352 e. The van der Waals surface area contributed by atoms with Crippen LogP contribution < -0.4 is 10.6 Å². The summed E-state index contributed by atoms with van der Waals surface area (Å²) in [5, 5.41) is 5.57. The van der Waals surface area contributed by atoms with Crippen LogP contribution in [0.25, 0.3) is 0 Å². The molecule has 0 aliphatic heterocycles. The summed E-state index contributed by atoms with van der Waals surface area (Å²) in [4.78, 5) is 24.7. The molecule has 0 saturated heterocycles. The number of urea groups is 1. The molecule has 0 aromatic carbocycles. The Kier molecular flexibility index (Phi) is 8.19. The molecule has 5 nitrogen and oxygen atoms in total. The van der Waals surface area contributed by atoms with Crippen molar-refractivity contribution in [1.82, 2.24) is 15.5 Å². The van der Waals surface area contributed by atoms with Gasteiger partial charge in [0.1, 0.15) is 6.54 Å². The van der Waals surface area contributed by atoms with E-state index in [2.05, 4.69) is 17.6 Å². The Hall–Kier alpha value is -1.26. The van der Waals surface area contributed by atoms with Crippen LogP contribution in [0, 0.1) is 0 Å². The molecule has 0 aliphatic rings.